The van der Waals surface area contributed by atoms with Gasteiger partial charge in [-0.15, -0.1) is 0 Å². The number of aromatic amines is 1. The molecule has 1 N–H and O–H groups in total. The zero-order valence-electron chi connectivity index (χ0n) is 9.97. The molecule has 0 atom stereocenters. The minimum Gasteiger partial charge on any atom is -0.343 e. The van der Waals surface area contributed by atoms with Gasteiger partial charge in [0.1, 0.15) is 10.5 Å². The molecule has 2 aromatic rings. The van der Waals surface area contributed by atoms with E-state index < -0.39 is 0 Å². The quantitative estimate of drug-likeness (QED) is 0.843. The summed E-state index contributed by atoms with van der Waals surface area (Å²) in [6, 6.07) is 5.79. The van der Waals surface area contributed by atoms with E-state index in [2.05, 4.69) is 28.8 Å². The first kappa shape index (κ1) is 11.9. The van der Waals surface area contributed by atoms with Gasteiger partial charge in [-0.05, 0) is 30.5 Å². The standard InChI is InChI=1S/C13H15N3S/c1-9(2)6-11-7-12(17)16-13(15-11)10-4-3-5-14-8-10/h3-5,7-9H,6H2,1-2H3,(H,15,16,17). The van der Waals surface area contributed by atoms with Gasteiger partial charge in [0.25, 0.3) is 0 Å². The van der Waals surface area contributed by atoms with Crippen LogP contribution in [0.15, 0.2) is 30.6 Å². The largest absolute Gasteiger partial charge is 0.343 e. The summed E-state index contributed by atoms with van der Waals surface area (Å²) in [5, 5.41) is 0. The topological polar surface area (TPSA) is 41.6 Å². The van der Waals surface area contributed by atoms with Crippen molar-refractivity contribution in [1.82, 2.24) is 15.0 Å². The van der Waals surface area contributed by atoms with Crippen LogP contribution in [0.4, 0.5) is 0 Å². The zero-order chi connectivity index (χ0) is 12.3. The molecule has 3 nitrogen and oxygen atoms in total. The van der Waals surface area contributed by atoms with E-state index in [-0.39, 0.29) is 0 Å². The molecule has 4 heteroatoms. The maximum Gasteiger partial charge on any atom is 0.140 e. The van der Waals surface area contributed by atoms with Crippen molar-refractivity contribution in [2.75, 3.05) is 0 Å². The summed E-state index contributed by atoms with van der Waals surface area (Å²) in [4.78, 5) is 11.7. The lowest BCUT2D eigenvalue weighted by Gasteiger charge is -2.07. The maximum absolute atomic E-state index is 5.19. The van der Waals surface area contributed by atoms with Crippen LogP contribution in [-0.2, 0) is 6.42 Å². The number of hydrogen-bond acceptors (Lipinski definition) is 3. The SMILES string of the molecule is CC(C)Cc1cc(=S)nc(-c2cccnc2)[nH]1. The van der Waals surface area contributed by atoms with Crippen LogP contribution in [0.2, 0.25) is 0 Å². The third-order valence-electron chi connectivity index (χ3n) is 2.36. The van der Waals surface area contributed by atoms with Gasteiger partial charge in [-0.1, -0.05) is 26.1 Å². The van der Waals surface area contributed by atoms with Crippen molar-refractivity contribution in [3.8, 4) is 11.4 Å². The van der Waals surface area contributed by atoms with Crippen molar-refractivity contribution in [3.05, 3.63) is 40.9 Å². The Morgan fingerprint density at radius 2 is 2.24 bits per heavy atom. The van der Waals surface area contributed by atoms with Gasteiger partial charge in [0.15, 0.2) is 0 Å². The van der Waals surface area contributed by atoms with E-state index in [1.165, 1.54) is 0 Å². The summed E-state index contributed by atoms with van der Waals surface area (Å²) < 4.78 is 0.623. The van der Waals surface area contributed by atoms with Crippen LogP contribution in [0.1, 0.15) is 19.5 Å². The average molecular weight is 245 g/mol. The number of hydrogen-bond donors (Lipinski definition) is 1. The van der Waals surface area contributed by atoms with Gasteiger partial charge in [0.05, 0.1) is 0 Å². The Morgan fingerprint density at radius 1 is 1.41 bits per heavy atom. The van der Waals surface area contributed by atoms with E-state index in [1.54, 1.807) is 12.4 Å². The maximum atomic E-state index is 5.19. The van der Waals surface area contributed by atoms with E-state index >= 15 is 0 Å². The summed E-state index contributed by atoms with van der Waals surface area (Å²) in [7, 11) is 0. The molecule has 0 aliphatic rings. The highest BCUT2D eigenvalue weighted by Crippen LogP contribution is 2.14. The molecule has 0 radical (unpaired) electrons. The van der Waals surface area contributed by atoms with Crippen LogP contribution >= 0.6 is 12.2 Å². The summed E-state index contributed by atoms with van der Waals surface area (Å²) >= 11 is 5.19. The van der Waals surface area contributed by atoms with E-state index in [4.69, 9.17) is 12.2 Å². The molecule has 2 aromatic heterocycles. The Balaban J connectivity index is 2.42. The average Bonchev–Trinajstić information content (AvgIpc) is 2.28. The van der Waals surface area contributed by atoms with Gasteiger partial charge < -0.3 is 4.98 Å². The fourth-order valence-electron chi connectivity index (χ4n) is 1.70. The monoisotopic (exact) mass is 245 g/mol. The van der Waals surface area contributed by atoms with Crippen molar-refractivity contribution >= 4 is 12.2 Å². The molecule has 0 aromatic carbocycles. The second kappa shape index (κ2) is 5.19. The molecule has 0 saturated heterocycles. The molecule has 17 heavy (non-hydrogen) atoms. The number of aromatic nitrogens is 3. The van der Waals surface area contributed by atoms with Gasteiger partial charge in [0.2, 0.25) is 0 Å². The minimum atomic E-state index is 0.588. The van der Waals surface area contributed by atoms with Crippen LogP contribution < -0.4 is 0 Å². The Hall–Kier alpha value is -1.55. The highest BCUT2D eigenvalue weighted by molar-refractivity contribution is 7.71. The third-order valence-corrected chi connectivity index (χ3v) is 2.57. The summed E-state index contributed by atoms with van der Waals surface area (Å²) in [5.41, 5.74) is 2.09. The molecule has 0 aliphatic heterocycles. The number of rotatable bonds is 3. The van der Waals surface area contributed by atoms with Crippen LogP contribution in [0.5, 0.6) is 0 Å². The van der Waals surface area contributed by atoms with Gasteiger partial charge in [-0.25, -0.2) is 4.98 Å². The number of H-pyrrole nitrogens is 1. The number of nitrogens with one attached hydrogen (secondary N) is 1. The second-order valence-electron chi connectivity index (χ2n) is 4.43. The highest BCUT2D eigenvalue weighted by atomic mass is 32.1. The van der Waals surface area contributed by atoms with Crippen molar-refractivity contribution in [2.24, 2.45) is 5.92 Å². The number of nitrogens with zero attached hydrogens (tertiary/aromatic N) is 2. The predicted octanol–water partition coefficient (Wildman–Crippen LogP) is 3.40. The van der Waals surface area contributed by atoms with E-state index in [1.807, 2.05) is 18.2 Å². The first-order valence-corrected chi connectivity index (χ1v) is 6.06. The Bertz CT molecular complexity index is 546. The molecule has 0 aliphatic carbocycles. The molecule has 0 fully saturated rings. The molecule has 0 bridgehead atoms. The molecular weight excluding hydrogens is 230 g/mol. The first-order chi connectivity index (χ1) is 8.15. The predicted molar refractivity (Wildman–Crippen MR) is 71.2 cm³/mol. The van der Waals surface area contributed by atoms with Crippen molar-refractivity contribution in [3.63, 3.8) is 0 Å². The summed E-state index contributed by atoms with van der Waals surface area (Å²) in [5.74, 6) is 1.38. The van der Waals surface area contributed by atoms with Crippen LogP contribution in [-0.4, -0.2) is 15.0 Å². The third kappa shape index (κ3) is 3.20. The van der Waals surface area contributed by atoms with Crippen LogP contribution in [0, 0.1) is 10.6 Å². The summed E-state index contributed by atoms with van der Waals surface area (Å²) in [6.45, 7) is 4.36. The molecular formula is C13H15N3S. The van der Waals surface area contributed by atoms with Gasteiger partial charge in [-0.2, -0.15) is 0 Å². The molecule has 0 spiro atoms. The lowest BCUT2D eigenvalue weighted by molar-refractivity contribution is 0.634. The fraction of sp³-hybridized carbons (Fsp3) is 0.308. The molecule has 0 saturated carbocycles. The normalized spacial score (nSPS) is 10.8. The first-order valence-electron chi connectivity index (χ1n) is 5.66. The van der Waals surface area contributed by atoms with Crippen LogP contribution in [0.3, 0.4) is 0 Å². The molecule has 88 valence electrons. The lowest BCUT2D eigenvalue weighted by atomic mass is 10.1. The lowest BCUT2D eigenvalue weighted by Crippen LogP contribution is -2.00. The van der Waals surface area contributed by atoms with Gasteiger partial charge >= 0.3 is 0 Å². The van der Waals surface area contributed by atoms with Crippen molar-refractivity contribution in [1.29, 1.82) is 0 Å². The molecule has 2 rings (SSSR count). The molecule has 0 amide bonds. The number of pyridine rings is 1. The van der Waals surface area contributed by atoms with E-state index in [0.717, 1.165) is 23.5 Å². The highest BCUT2D eigenvalue weighted by Gasteiger charge is 2.04. The van der Waals surface area contributed by atoms with Crippen molar-refractivity contribution in [2.45, 2.75) is 20.3 Å². The Morgan fingerprint density at radius 3 is 2.88 bits per heavy atom. The zero-order valence-corrected chi connectivity index (χ0v) is 10.8. The van der Waals surface area contributed by atoms with Gasteiger partial charge in [-0.3, -0.25) is 4.98 Å². The Kier molecular flexibility index (Phi) is 3.64. The van der Waals surface area contributed by atoms with Crippen LogP contribution in [0.25, 0.3) is 11.4 Å². The second-order valence-corrected chi connectivity index (χ2v) is 4.85. The van der Waals surface area contributed by atoms with E-state index in [0.29, 0.717) is 10.6 Å². The fourth-order valence-corrected chi connectivity index (χ4v) is 1.93. The molecule has 2 heterocycles. The minimum absolute atomic E-state index is 0.588. The summed E-state index contributed by atoms with van der Waals surface area (Å²) in [6.07, 6.45) is 4.50. The Labute approximate surface area is 106 Å². The van der Waals surface area contributed by atoms with E-state index in [9.17, 15) is 0 Å². The van der Waals surface area contributed by atoms with Crippen molar-refractivity contribution < 1.29 is 0 Å². The van der Waals surface area contributed by atoms with Gasteiger partial charge in [0, 0.05) is 23.7 Å². The smallest absolute Gasteiger partial charge is 0.140 e. The molecule has 0 unspecified atom stereocenters.